The quantitative estimate of drug-likeness (QED) is 0.599. The van der Waals surface area contributed by atoms with Crippen molar-refractivity contribution >= 4 is 0 Å². The Balaban J connectivity index is 2.13. The fourth-order valence-corrected chi connectivity index (χ4v) is 3.78. The SMILES string of the molecule is CCCOC1CC(C)(C2CO2)CCCC1C(C)(O)CC. The van der Waals surface area contributed by atoms with Gasteiger partial charge in [0.2, 0.25) is 0 Å². The molecule has 5 unspecified atom stereocenters. The van der Waals surface area contributed by atoms with E-state index in [0.717, 1.165) is 38.9 Å². The Morgan fingerprint density at radius 1 is 1.40 bits per heavy atom. The topological polar surface area (TPSA) is 42.0 Å². The van der Waals surface area contributed by atoms with E-state index in [1.165, 1.54) is 12.8 Å². The molecule has 118 valence electrons. The molecule has 2 fully saturated rings. The van der Waals surface area contributed by atoms with Crippen LogP contribution in [0.2, 0.25) is 0 Å². The third-order valence-corrected chi connectivity index (χ3v) is 5.54. The van der Waals surface area contributed by atoms with E-state index in [2.05, 4.69) is 20.8 Å². The zero-order chi connectivity index (χ0) is 14.8. The Labute approximate surface area is 124 Å². The summed E-state index contributed by atoms with van der Waals surface area (Å²) in [7, 11) is 0. The fraction of sp³-hybridized carbons (Fsp3) is 1.00. The van der Waals surface area contributed by atoms with Crippen molar-refractivity contribution in [2.75, 3.05) is 13.2 Å². The summed E-state index contributed by atoms with van der Waals surface area (Å²) in [5.41, 5.74) is -0.384. The van der Waals surface area contributed by atoms with Crippen LogP contribution in [-0.4, -0.2) is 36.1 Å². The highest BCUT2D eigenvalue weighted by atomic mass is 16.6. The van der Waals surface area contributed by atoms with Gasteiger partial charge in [0, 0.05) is 12.5 Å². The standard InChI is InChI=1S/C17H32O3/c1-5-10-19-14-11-16(3,15-12-20-15)9-7-8-13(14)17(4,18)6-2/h13-15,18H,5-12H2,1-4H3. The maximum absolute atomic E-state index is 10.8. The van der Waals surface area contributed by atoms with Gasteiger partial charge >= 0.3 is 0 Å². The van der Waals surface area contributed by atoms with E-state index in [9.17, 15) is 5.11 Å². The van der Waals surface area contributed by atoms with Crippen LogP contribution in [0.3, 0.4) is 0 Å². The lowest BCUT2D eigenvalue weighted by molar-refractivity contribution is -0.0981. The largest absolute Gasteiger partial charge is 0.390 e. The van der Waals surface area contributed by atoms with Crippen LogP contribution in [0.4, 0.5) is 0 Å². The molecule has 5 atom stereocenters. The van der Waals surface area contributed by atoms with Crippen LogP contribution < -0.4 is 0 Å². The second-order valence-corrected chi connectivity index (χ2v) is 7.30. The van der Waals surface area contributed by atoms with Crippen LogP contribution in [-0.2, 0) is 9.47 Å². The van der Waals surface area contributed by atoms with E-state index < -0.39 is 5.60 Å². The predicted octanol–water partition coefficient (Wildman–Crippen LogP) is 3.54. The molecule has 20 heavy (non-hydrogen) atoms. The lowest BCUT2D eigenvalue weighted by Gasteiger charge is -2.38. The van der Waals surface area contributed by atoms with E-state index >= 15 is 0 Å². The van der Waals surface area contributed by atoms with E-state index in [0.29, 0.717) is 6.10 Å². The van der Waals surface area contributed by atoms with Crippen LogP contribution in [0, 0.1) is 11.3 Å². The zero-order valence-electron chi connectivity index (χ0n) is 13.7. The lowest BCUT2D eigenvalue weighted by atomic mass is 9.75. The average molecular weight is 284 g/mol. The van der Waals surface area contributed by atoms with Crippen molar-refractivity contribution in [3.8, 4) is 0 Å². The second-order valence-electron chi connectivity index (χ2n) is 7.30. The zero-order valence-corrected chi connectivity index (χ0v) is 13.7. The summed E-state index contributed by atoms with van der Waals surface area (Å²) in [6.07, 6.45) is 6.87. The van der Waals surface area contributed by atoms with Crippen LogP contribution in [0.15, 0.2) is 0 Å². The Bertz CT molecular complexity index is 311. The number of rotatable bonds is 6. The minimum atomic E-state index is -0.617. The van der Waals surface area contributed by atoms with Gasteiger partial charge in [-0.1, -0.05) is 27.2 Å². The van der Waals surface area contributed by atoms with Gasteiger partial charge in [0.15, 0.2) is 0 Å². The van der Waals surface area contributed by atoms with Gasteiger partial charge in [0.1, 0.15) is 0 Å². The molecule has 3 heteroatoms. The van der Waals surface area contributed by atoms with Gasteiger partial charge in [-0.3, -0.25) is 0 Å². The Hall–Kier alpha value is -0.120. The van der Waals surface area contributed by atoms with Crippen LogP contribution in [0.25, 0.3) is 0 Å². The van der Waals surface area contributed by atoms with E-state index in [-0.39, 0.29) is 17.4 Å². The smallest absolute Gasteiger partial charge is 0.0864 e. The number of aliphatic hydroxyl groups is 1. The molecule has 0 bridgehead atoms. The van der Waals surface area contributed by atoms with E-state index in [1.807, 2.05) is 6.92 Å². The molecule has 0 amide bonds. The number of epoxide rings is 1. The summed E-state index contributed by atoms with van der Waals surface area (Å²) in [5, 5.41) is 10.8. The van der Waals surface area contributed by atoms with Gasteiger partial charge in [-0.15, -0.1) is 0 Å². The molecular formula is C17H32O3. The van der Waals surface area contributed by atoms with Crippen molar-refractivity contribution in [3.63, 3.8) is 0 Å². The number of ether oxygens (including phenoxy) is 2. The molecule has 2 aliphatic rings. The predicted molar refractivity (Wildman–Crippen MR) is 80.8 cm³/mol. The third-order valence-electron chi connectivity index (χ3n) is 5.54. The molecule has 3 nitrogen and oxygen atoms in total. The molecule has 0 spiro atoms. The first-order valence-corrected chi connectivity index (χ1v) is 8.38. The number of hydrogen-bond donors (Lipinski definition) is 1. The second kappa shape index (κ2) is 6.33. The lowest BCUT2D eigenvalue weighted by Crippen LogP contribution is -2.43. The summed E-state index contributed by atoms with van der Waals surface area (Å²) in [6.45, 7) is 10.2. The van der Waals surface area contributed by atoms with Gasteiger partial charge in [-0.25, -0.2) is 0 Å². The molecule has 1 saturated heterocycles. The maximum Gasteiger partial charge on any atom is 0.0864 e. The van der Waals surface area contributed by atoms with Crippen molar-refractivity contribution in [2.45, 2.75) is 84.0 Å². The van der Waals surface area contributed by atoms with Gasteiger partial charge in [0.05, 0.1) is 24.4 Å². The molecule has 1 heterocycles. The number of hydrogen-bond acceptors (Lipinski definition) is 3. The minimum absolute atomic E-state index is 0.168. The molecule has 1 aliphatic carbocycles. The van der Waals surface area contributed by atoms with Gasteiger partial charge in [-0.05, 0) is 44.4 Å². The van der Waals surface area contributed by atoms with Crippen molar-refractivity contribution < 1.29 is 14.6 Å². The van der Waals surface area contributed by atoms with E-state index in [1.54, 1.807) is 0 Å². The molecule has 2 rings (SSSR count). The summed E-state index contributed by atoms with van der Waals surface area (Å²) in [6, 6.07) is 0. The highest BCUT2D eigenvalue weighted by molar-refractivity contribution is 4.98. The van der Waals surface area contributed by atoms with Gasteiger partial charge in [0.25, 0.3) is 0 Å². The van der Waals surface area contributed by atoms with Gasteiger partial charge < -0.3 is 14.6 Å². The summed E-state index contributed by atoms with van der Waals surface area (Å²) in [5.74, 6) is 0.250. The van der Waals surface area contributed by atoms with Crippen molar-refractivity contribution in [3.05, 3.63) is 0 Å². The maximum atomic E-state index is 10.8. The first-order valence-electron chi connectivity index (χ1n) is 8.38. The average Bonchev–Trinajstić information content (AvgIpc) is 3.23. The van der Waals surface area contributed by atoms with Crippen LogP contribution >= 0.6 is 0 Å². The fourth-order valence-electron chi connectivity index (χ4n) is 3.78. The monoisotopic (exact) mass is 284 g/mol. The summed E-state index contributed by atoms with van der Waals surface area (Å²) >= 11 is 0. The molecule has 0 aromatic carbocycles. The van der Waals surface area contributed by atoms with Crippen LogP contribution in [0.5, 0.6) is 0 Å². The summed E-state index contributed by atoms with van der Waals surface area (Å²) < 4.78 is 11.8. The Kier molecular flexibility index (Phi) is 5.14. The molecule has 0 aromatic heterocycles. The summed E-state index contributed by atoms with van der Waals surface area (Å²) in [4.78, 5) is 0. The highest BCUT2D eigenvalue weighted by Crippen LogP contribution is 2.48. The Morgan fingerprint density at radius 2 is 2.10 bits per heavy atom. The van der Waals surface area contributed by atoms with Gasteiger partial charge in [-0.2, -0.15) is 0 Å². The molecule has 1 saturated carbocycles. The van der Waals surface area contributed by atoms with Crippen LogP contribution in [0.1, 0.15) is 66.2 Å². The van der Waals surface area contributed by atoms with Crippen molar-refractivity contribution in [1.29, 1.82) is 0 Å². The Morgan fingerprint density at radius 3 is 2.65 bits per heavy atom. The van der Waals surface area contributed by atoms with E-state index in [4.69, 9.17) is 9.47 Å². The first-order chi connectivity index (χ1) is 9.43. The molecular weight excluding hydrogens is 252 g/mol. The minimum Gasteiger partial charge on any atom is -0.390 e. The third kappa shape index (κ3) is 3.55. The molecule has 0 radical (unpaired) electrons. The normalized spacial score (nSPS) is 41.0. The highest BCUT2D eigenvalue weighted by Gasteiger charge is 2.49. The van der Waals surface area contributed by atoms with Crippen molar-refractivity contribution in [2.24, 2.45) is 11.3 Å². The molecule has 0 aromatic rings. The molecule has 1 N–H and O–H groups in total. The molecule has 1 aliphatic heterocycles. The first kappa shape index (κ1) is 16.3. The van der Waals surface area contributed by atoms with Crippen molar-refractivity contribution in [1.82, 2.24) is 0 Å².